The summed E-state index contributed by atoms with van der Waals surface area (Å²) >= 11 is 0. The van der Waals surface area contributed by atoms with E-state index >= 15 is 0 Å². The second-order valence-corrected chi connectivity index (χ2v) is 5.67. The Hall–Kier alpha value is -1.13. The van der Waals surface area contributed by atoms with Gasteiger partial charge in [-0.1, -0.05) is 27.2 Å². The molecule has 1 rings (SSSR count). The van der Waals surface area contributed by atoms with Crippen molar-refractivity contribution in [1.29, 1.82) is 0 Å². The molecule has 0 aliphatic carbocycles. The maximum Gasteiger partial charge on any atom is 0.211 e. The van der Waals surface area contributed by atoms with Crippen LogP contribution in [0, 0.1) is 5.92 Å². The molecule has 0 aromatic rings. The van der Waals surface area contributed by atoms with Crippen LogP contribution in [0.5, 0.6) is 0 Å². The number of aliphatic hydroxyl groups excluding tert-OH is 2. The molecule has 1 heterocycles. The fourth-order valence-electron chi connectivity index (χ4n) is 2.52. The quantitative estimate of drug-likeness (QED) is 0.734. The van der Waals surface area contributed by atoms with Crippen LogP contribution >= 0.6 is 0 Å². The minimum atomic E-state index is -1.11. The fourth-order valence-corrected chi connectivity index (χ4v) is 2.52. The summed E-state index contributed by atoms with van der Waals surface area (Å²) < 4.78 is 5.73. The molecule has 0 fully saturated rings. The zero-order valence-electron chi connectivity index (χ0n) is 13.1. The summed E-state index contributed by atoms with van der Waals surface area (Å²) in [6, 6.07) is 0. The molecule has 20 heavy (non-hydrogen) atoms. The predicted molar refractivity (Wildman–Crippen MR) is 78.1 cm³/mol. The Morgan fingerprint density at radius 1 is 1.45 bits per heavy atom. The number of carbonyl (C=O) groups excluding carboxylic acids is 1. The lowest BCUT2D eigenvalue weighted by Crippen LogP contribution is -2.33. The van der Waals surface area contributed by atoms with Crippen LogP contribution in [0.1, 0.15) is 47.5 Å². The second kappa shape index (κ2) is 6.55. The van der Waals surface area contributed by atoms with Gasteiger partial charge in [0.05, 0.1) is 18.3 Å². The molecule has 0 unspecified atom stereocenters. The molecule has 0 radical (unpaired) electrons. The predicted octanol–water partition coefficient (Wildman–Crippen LogP) is 2.35. The molecule has 0 aromatic carbocycles. The van der Waals surface area contributed by atoms with Gasteiger partial charge in [0.1, 0.15) is 5.76 Å². The van der Waals surface area contributed by atoms with Crippen molar-refractivity contribution in [1.82, 2.24) is 0 Å². The maximum absolute atomic E-state index is 12.4. The van der Waals surface area contributed by atoms with E-state index in [9.17, 15) is 15.0 Å². The molecule has 4 nitrogen and oxygen atoms in total. The average Bonchev–Trinajstić information content (AvgIpc) is 2.68. The molecule has 2 N–H and O–H groups in total. The third kappa shape index (κ3) is 3.13. The van der Waals surface area contributed by atoms with E-state index < -0.39 is 11.7 Å². The minimum absolute atomic E-state index is 0.127. The number of ketones is 1. The van der Waals surface area contributed by atoms with Gasteiger partial charge in [0, 0.05) is 6.42 Å². The van der Waals surface area contributed by atoms with Crippen molar-refractivity contribution in [2.75, 3.05) is 6.61 Å². The van der Waals surface area contributed by atoms with Crippen LogP contribution in [-0.4, -0.2) is 34.3 Å². The standard InChI is InChI=1S/C16H26O4/c1-6-10(3)14(18)11(4)8-16(5)15(19)12(9-17)13(7-2)20-16/h8,10,14,17-18H,6-7,9H2,1-5H3/b11-8+/t10-,14+,16-/m0/s1. The van der Waals surface area contributed by atoms with Gasteiger partial charge < -0.3 is 14.9 Å². The van der Waals surface area contributed by atoms with Crippen molar-refractivity contribution in [2.45, 2.75) is 59.2 Å². The molecule has 0 aromatic heterocycles. The van der Waals surface area contributed by atoms with Crippen LogP contribution in [0.25, 0.3) is 0 Å². The molecular formula is C16H26O4. The zero-order chi connectivity index (χ0) is 15.5. The normalized spacial score (nSPS) is 26.8. The van der Waals surface area contributed by atoms with Crippen molar-refractivity contribution in [2.24, 2.45) is 5.92 Å². The van der Waals surface area contributed by atoms with E-state index in [1.165, 1.54) is 0 Å². The third-order valence-corrected chi connectivity index (χ3v) is 4.03. The summed E-state index contributed by atoms with van der Waals surface area (Å²) in [4.78, 5) is 12.4. The molecule has 1 aliphatic rings. The maximum atomic E-state index is 12.4. The van der Waals surface area contributed by atoms with Crippen molar-refractivity contribution in [3.05, 3.63) is 23.0 Å². The van der Waals surface area contributed by atoms with E-state index in [1.54, 1.807) is 19.9 Å². The number of carbonyl (C=O) groups is 1. The first-order valence-electron chi connectivity index (χ1n) is 7.24. The molecule has 0 amide bonds. The van der Waals surface area contributed by atoms with E-state index in [0.29, 0.717) is 17.8 Å². The Balaban J connectivity index is 3.01. The van der Waals surface area contributed by atoms with E-state index in [0.717, 1.165) is 12.0 Å². The van der Waals surface area contributed by atoms with Gasteiger partial charge in [0.25, 0.3) is 0 Å². The molecular weight excluding hydrogens is 256 g/mol. The third-order valence-electron chi connectivity index (χ3n) is 4.03. The highest BCUT2D eigenvalue weighted by Crippen LogP contribution is 2.34. The molecule has 0 spiro atoms. The lowest BCUT2D eigenvalue weighted by Gasteiger charge is -2.24. The van der Waals surface area contributed by atoms with E-state index in [1.807, 2.05) is 20.8 Å². The van der Waals surface area contributed by atoms with Crippen molar-refractivity contribution in [3.63, 3.8) is 0 Å². The monoisotopic (exact) mass is 282 g/mol. The smallest absolute Gasteiger partial charge is 0.211 e. The topological polar surface area (TPSA) is 66.8 Å². The SMILES string of the molecule is CCC1=C(CO)C(=O)[C@](C)(/C=C(\C)[C@H](O)[C@@H](C)CC)O1. The molecule has 0 saturated carbocycles. The molecule has 0 saturated heterocycles. The van der Waals surface area contributed by atoms with Gasteiger partial charge in [-0.3, -0.25) is 4.79 Å². The molecule has 0 bridgehead atoms. The van der Waals surface area contributed by atoms with Gasteiger partial charge in [-0.05, 0) is 31.4 Å². The Morgan fingerprint density at radius 3 is 2.45 bits per heavy atom. The number of ether oxygens (including phenoxy) is 1. The first-order chi connectivity index (χ1) is 9.30. The van der Waals surface area contributed by atoms with Crippen LogP contribution in [0.4, 0.5) is 0 Å². The Bertz CT molecular complexity index is 436. The number of hydrogen-bond donors (Lipinski definition) is 2. The molecule has 114 valence electrons. The summed E-state index contributed by atoms with van der Waals surface area (Å²) in [5, 5.41) is 19.5. The number of hydrogen-bond acceptors (Lipinski definition) is 4. The van der Waals surface area contributed by atoms with Crippen molar-refractivity contribution < 1.29 is 19.7 Å². The Kier molecular flexibility index (Phi) is 5.54. The highest BCUT2D eigenvalue weighted by atomic mass is 16.5. The average molecular weight is 282 g/mol. The lowest BCUT2D eigenvalue weighted by molar-refractivity contribution is -0.125. The van der Waals surface area contributed by atoms with Crippen LogP contribution in [0.2, 0.25) is 0 Å². The Morgan fingerprint density at radius 2 is 2.05 bits per heavy atom. The van der Waals surface area contributed by atoms with Crippen LogP contribution < -0.4 is 0 Å². The van der Waals surface area contributed by atoms with Gasteiger partial charge in [-0.25, -0.2) is 0 Å². The molecule has 3 atom stereocenters. The summed E-state index contributed by atoms with van der Waals surface area (Å²) in [6.07, 6.45) is 2.53. The first kappa shape index (κ1) is 16.9. The minimum Gasteiger partial charge on any atom is -0.479 e. The summed E-state index contributed by atoms with van der Waals surface area (Å²) in [5.41, 5.74) is -0.0380. The fraction of sp³-hybridized carbons (Fsp3) is 0.688. The number of rotatable bonds is 6. The highest BCUT2D eigenvalue weighted by Gasteiger charge is 2.43. The zero-order valence-corrected chi connectivity index (χ0v) is 13.1. The largest absolute Gasteiger partial charge is 0.479 e. The van der Waals surface area contributed by atoms with Gasteiger partial charge in [-0.15, -0.1) is 0 Å². The second-order valence-electron chi connectivity index (χ2n) is 5.67. The van der Waals surface area contributed by atoms with E-state index in [4.69, 9.17) is 4.74 Å². The van der Waals surface area contributed by atoms with Gasteiger partial charge in [0.15, 0.2) is 5.60 Å². The summed E-state index contributed by atoms with van der Waals surface area (Å²) in [6.45, 7) is 9.05. The number of aliphatic hydroxyl groups is 2. The highest BCUT2D eigenvalue weighted by molar-refractivity contribution is 6.05. The molecule has 4 heteroatoms. The number of Topliss-reactive ketones (excluding diaryl/α,β-unsaturated/α-hetero) is 1. The summed E-state index contributed by atoms with van der Waals surface area (Å²) in [7, 11) is 0. The summed E-state index contributed by atoms with van der Waals surface area (Å²) in [5.74, 6) is 0.455. The Labute approximate surface area is 121 Å². The van der Waals surface area contributed by atoms with E-state index in [2.05, 4.69) is 0 Å². The van der Waals surface area contributed by atoms with Crippen LogP contribution in [-0.2, 0) is 9.53 Å². The first-order valence-corrected chi connectivity index (χ1v) is 7.24. The van der Waals surface area contributed by atoms with Crippen LogP contribution in [0.3, 0.4) is 0 Å². The van der Waals surface area contributed by atoms with Gasteiger partial charge >= 0.3 is 0 Å². The lowest BCUT2D eigenvalue weighted by atomic mass is 9.89. The van der Waals surface area contributed by atoms with E-state index in [-0.39, 0.29) is 18.3 Å². The van der Waals surface area contributed by atoms with Crippen molar-refractivity contribution >= 4 is 5.78 Å². The van der Waals surface area contributed by atoms with Crippen LogP contribution in [0.15, 0.2) is 23.0 Å². The van der Waals surface area contributed by atoms with Crippen molar-refractivity contribution in [3.8, 4) is 0 Å². The molecule has 1 aliphatic heterocycles. The number of allylic oxidation sites excluding steroid dienone is 1. The van der Waals surface area contributed by atoms with Gasteiger partial charge in [-0.2, -0.15) is 0 Å². The van der Waals surface area contributed by atoms with Gasteiger partial charge in [0.2, 0.25) is 5.78 Å².